The molecule has 4 unspecified atom stereocenters. The first kappa shape index (κ1) is 32.1. The zero-order valence-electron chi connectivity index (χ0n) is 26.2. The molecule has 8 heteroatoms. The number of aryl methyl sites for hydroxylation is 1. The van der Waals surface area contributed by atoms with Crippen LogP contribution in [0.25, 0.3) is 0 Å². The van der Waals surface area contributed by atoms with Crippen LogP contribution < -0.4 is 0 Å². The van der Waals surface area contributed by atoms with Gasteiger partial charge in [-0.3, -0.25) is 9.59 Å². The van der Waals surface area contributed by atoms with E-state index in [1.54, 1.807) is 14.0 Å². The quantitative estimate of drug-likeness (QED) is 0.213. The third kappa shape index (κ3) is 6.42. The summed E-state index contributed by atoms with van der Waals surface area (Å²) >= 11 is 0. The van der Waals surface area contributed by atoms with E-state index in [0.29, 0.717) is 25.8 Å². The molecule has 10 atom stereocenters. The van der Waals surface area contributed by atoms with Crippen molar-refractivity contribution in [2.24, 2.45) is 17.8 Å². The number of aliphatic hydroxyl groups excluding tert-OH is 1. The average Bonchev–Trinajstić information content (AvgIpc) is 3.55. The summed E-state index contributed by atoms with van der Waals surface area (Å²) in [6.45, 7) is 14.3. The summed E-state index contributed by atoms with van der Waals surface area (Å²) in [6.07, 6.45) is 2.40. The number of hydrogen-bond acceptors (Lipinski definition) is 8. The molecule has 1 aromatic rings. The van der Waals surface area contributed by atoms with Crippen LogP contribution in [0.5, 0.6) is 0 Å². The number of ketones is 1. The predicted octanol–water partition coefficient (Wildman–Crippen LogP) is 4.90. The van der Waals surface area contributed by atoms with Crippen molar-refractivity contribution in [2.75, 3.05) is 13.7 Å². The molecule has 3 aliphatic rings. The molecule has 3 heterocycles. The van der Waals surface area contributed by atoms with Gasteiger partial charge in [-0.05, 0) is 77.7 Å². The Bertz CT molecular complexity index is 1070. The number of ether oxygens (including phenoxy) is 4. The Hall–Kier alpha value is -1.84. The first-order chi connectivity index (χ1) is 19.3. The molecule has 4 rings (SSSR count). The molecule has 230 valence electrons. The van der Waals surface area contributed by atoms with Crippen LogP contribution in [0, 0.1) is 17.8 Å². The minimum Gasteiger partial charge on any atom is -0.459 e. The van der Waals surface area contributed by atoms with Crippen LogP contribution >= 0.6 is 0 Å². The highest BCUT2D eigenvalue weighted by atomic mass is 16.7. The molecule has 0 bridgehead atoms. The van der Waals surface area contributed by atoms with Gasteiger partial charge in [-0.25, -0.2) is 4.90 Å². The molecular formula is C33H51NO7. The lowest BCUT2D eigenvalue weighted by Gasteiger charge is -2.40. The van der Waals surface area contributed by atoms with E-state index in [1.165, 1.54) is 5.56 Å². The maximum Gasteiger partial charge on any atom is 0.316 e. The second-order valence-electron chi connectivity index (χ2n) is 13.3. The van der Waals surface area contributed by atoms with Crippen molar-refractivity contribution < 1.29 is 33.6 Å². The number of Topliss-reactive ketones (excluding diaryl/α,β-unsaturated/α-hetero) is 1. The van der Waals surface area contributed by atoms with Crippen molar-refractivity contribution in [2.45, 2.75) is 128 Å². The normalized spacial score (nSPS) is 42.2. The van der Waals surface area contributed by atoms with Crippen molar-refractivity contribution >= 4 is 11.8 Å². The van der Waals surface area contributed by atoms with Crippen LogP contribution in [0.15, 0.2) is 30.3 Å². The number of rotatable bonds is 7. The molecule has 1 aromatic carbocycles. The van der Waals surface area contributed by atoms with Crippen LogP contribution in [-0.4, -0.2) is 76.9 Å². The molecule has 3 saturated heterocycles. The summed E-state index contributed by atoms with van der Waals surface area (Å²) in [5, 5.41) is 11.3. The van der Waals surface area contributed by atoms with Gasteiger partial charge in [0.2, 0.25) is 6.41 Å². The fourth-order valence-electron chi connectivity index (χ4n) is 7.34. The van der Waals surface area contributed by atoms with Crippen molar-refractivity contribution in [1.29, 1.82) is 0 Å². The van der Waals surface area contributed by atoms with Gasteiger partial charge in [0.1, 0.15) is 29.5 Å². The molecular weight excluding hydrogens is 522 g/mol. The number of fused-ring (bicyclic) bond motifs is 3. The number of esters is 1. The Balaban J connectivity index is 1.64. The van der Waals surface area contributed by atoms with Gasteiger partial charge in [-0.1, -0.05) is 51.1 Å². The van der Waals surface area contributed by atoms with Crippen LogP contribution in [0.3, 0.4) is 0 Å². The molecule has 0 radical (unpaired) electrons. The van der Waals surface area contributed by atoms with Gasteiger partial charge in [0.25, 0.3) is 0 Å². The standard InChI is InChI=1S/C33H51NO7/c1-9-25-33(7)27(34(30(37)41-33)18-14-13-17-24-15-11-10-12-16-24)28-32(6,40-28)22(3)20-31(5,38-8)19-21(2)26(35)23(4)29(36)39-25/h10-12,15-16,21-23,25,27-28,30,37H,9,13-14,17-20H2,1-8H3/t21-,22-,23?,25-,27?,28?,30?,31+,32+,33-/m1/s1. The average molecular weight is 574 g/mol. The van der Waals surface area contributed by atoms with Crippen LogP contribution in [0.2, 0.25) is 0 Å². The Kier molecular flexibility index (Phi) is 9.71. The fourth-order valence-corrected chi connectivity index (χ4v) is 7.34. The van der Waals surface area contributed by atoms with Gasteiger partial charge in [-0.2, -0.15) is 0 Å². The summed E-state index contributed by atoms with van der Waals surface area (Å²) in [5.74, 6) is -1.90. The highest BCUT2D eigenvalue weighted by molar-refractivity contribution is 5.99. The fraction of sp³-hybridized carbons (Fsp3) is 0.758. The van der Waals surface area contributed by atoms with Crippen molar-refractivity contribution in [1.82, 2.24) is 4.90 Å². The Morgan fingerprint density at radius 3 is 2.32 bits per heavy atom. The highest BCUT2D eigenvalue weighted by Gasteiger charge is 2.70. The van der Waals surface area contributed by atoms with Gasteiger partial charge in [0.05, 0.1) is 17.2 Å². The number of epoxide rings is 1. The van der Waals surface area contributed by atoms with Crippen molar-refractivity contribution in [3.8, 4) is 0 Å². The third-order valence-electron chi connectivity index (χ3n) is 10.2. The van der Waals surface area contributed by atoms with E-state index in [1.807, 2.05) is 38.7 Å². The van der Waals surface area contributed by atoms with Crippen molar-refractivity contribution in [3.05, 3.63) is 35.9 Å². The van der Waals surface area contributed by atoms with Gasteiger partial charge in [-0.15, -0.1) is 0 Å². The highest BCUT2D eigenvalue weighted by Crippen LogP contribution is 2.54. The number of carbonyl (C=O) groups is 2. The van der Waals surface area contributed by atoms with E-state index in [2.05, 4.69) is 38.1 Å². The Labute approximate surface area is 246 Å². The van der Waals surface area contributed by atoms with E-state index in [9.17, 15) is 14.7 Å². The lowest BCUT2D eigenvalue weighted by atomic mass is 9.74. The van der Waals surface area contributed by atoms with Crippen LogP contribution in [0.1, 0.15) is 86.1 Å². The second-order valence-corrected chi connectivity index (χ2v) is 13.3. The first-order valence-corrected chi connectivity index (χ1v) is 15.4. The number of benzene rings is 1. The smallest absolute Gasteiger partial charge is 0.316 e. The number of carbonyl (C=O) groups excluding carboxylic acids is 2. The topological polar surface area (TPSA) is 97.8 Å². The van der Waals surface area contributed by atoms with E-state index in [-0.39, 0.29) is 29.8 Å². The molecule has 0 amide bonds. The number of hydrogen-bond donors (Lipinski definition) is 1. The monoisotopic (exact) mass is 573 g/mol. The predicted molar refractivity (Wildman–Crippen MR) is 156 cm³/mol. The summed E-state index contributed by atoms with van der Waals surface area (Å²) in [5.41, 5.74) is -0.805. The van der Waals surface area contributed by atoms with Gasteiger partial charge >= 0.3 is 5.97 Å². The molecule has 3 fully saturated rings. The number of cyclic esters (lactones) is 1. The molecule has 0 saturated carbocycles. The molecule has 0 aliphatic carbocycles. The minimum absolute atomic E-state index is 0.102. The third-order valence-corrected chi connectivity index (χ3v) is 10.2. The summed E-state index contributed by atoms with van der Waals surface area (Å²) in [4.78, 5) is 28.7. The van der Waals surface area contributed by atoms with E-state index in [4.69, 9.17) is 18.9 Å². The number of methoxy groups -OCH3 is 1. The van der Waals surface area contributed by atoms with Crippen LogP contribution in [-0.2, 0) is 35.0 Å². The Morgan fingerprint density at radius 1 is 1.00 bits per heavy atom. The number of unbranched alkanes of at least 4 members (excludes halogenated alkanes) is 1. The van der Waals surface area contributed by atoms with Crippen LogP contribution in [0.4, 0.5) is 0 Å². The van der Waals surface area contributed by atoms with Gasteiger partial charge in [0.15, 0.2) is 0 Å². The zero-order chi connectivity index (χ0) is 30.2. The summed E-state index contributed by atoms with van der Waals surface area (Å²) in [6, 6.07) is 10.0. The molecule has 0 spiro atoms. The molecule has 3 aliphatic heterocycles. The van der Waals surface area contributed by atoms with E-state index < -0.39 is 41.2 Å². The molecule has 1 N–H and O–H groups in total. The van der Waals surface area contributed by atoms with E-state index in [0.717, 1.165) is 19.3 Å². The zero-order valence-corrected chi connectivity index (χ0v) is 26.2. The molecule has 41 heavy (non-hydrogen) atoms. The Morgan fingerprint density at radius 2 is 1.68 bits per heavy atom. The van der Waals surface area contributed by atoms with Crippen molar-refractivity contribution in [3.63, 3.8) is 0 Å². The first-order valence-electron chi connectivity index (χ1n) is 15.4. The number of nitrogens with zero attached hydrogens (tertiary/aromatic N) is 1. The maximum absolute atomic E-state index is 13.3. The summed E-state index contributed by atoms with van der Waals surface area (Å²) < 4.78 is 24.9. The second kappa shape index (κ2) is 12.4. The van der Waals surface area contributed by atoms with Gasteiger partial charge < -0.3 is 24.1 Å². The SMILES string of the molecule is CC[C@H]1OC(=O)C(C)C(=O)[C@H](C)C[C@](C)(OC)C[C@@H](C)[C@]2(C)OC2C2N(CCCCc3ccccc3)C(O)O[C@@]21C. The number of aliphatic hydroxyl groups is 1. The lowest BCUT2D eigenvalue weighted by Crippen LogP contribution is -2.57. The molecule has 0 aromatic heterocycles. The molecule has 8 nitrogen and oxygen atoms in total. The van der Waals surface area contributed by atoms with Gasteiger partial charge in [0, 0.05) is 19.6 Å². The largest absolute Gasteiger partial charge is 0.459 e. The maximum atomic E-state index is 13.3. The minimum atomic E-state index is -1.16. The summed E-state index contributed by atoms with van der Waals surface area (Å²) in [7, 11) is 1.68. The van der Waals surface area contributed by atoms with E-state index >= 15 is 0 Å². The lowest BCUT2D eigenvalue weighted by molar-refractivity contribution is -0.207.